The third kappa shape index (κ3) is 2.95. The van der Waals surface area contributed by atoms with Crippen LogP contribution in [0.3, 0.4) is 0 Å². The summed E-state index contributed by atoms with van der Waals surface area (Å²) in [5.41, 5.74) is 6.98. The maximum atomic E-state index is 13.6. The molecule has 1 aromatic heterocycles. The first kappa shape index (κ1) is 14.9. The van der Waals surface area contributed by atoms with E-state index < -0.39 is 18.1 Å². The summed E-state index contributed by atoms with van der Waals surface area (Å²) in [6.45, 7) is 0.542. The third-order valence-corrected chi connectivity index (χ3v) is 4.00. The van der Waals surface area contributed by atoms with Crippen LogP contribution in [0.5, 0.6) is 0 Å². The summed E-state index contributed by atoms with van der Waals surface area (Å²) in [5.74, 6) is -0.510. The van der Waals surface area contributed by atoms with Gasteiger partial charge in [-0.1, -0.05) is 11.6 Å². The van der Waals surface area contributed by atoms with Gasteiger partial charge in [0.25, 0.3) is 0 Å². The molecule has 8 heteroatoms. The van der Waals surface area contributed by atoms with Crippen molar-refractivity contribution in [2.45, 2.75) is 25.2 Å². The second kappa shape index (κ2) is 6.02. The molecule has 0 aliphatic carbocycles. The minimum atomic E-state index is -1.05. The number of aromatic nitrogens is 3. The van der Waals surface area contributed by atoms with E-state index in [1.54, 1.807) is 28.0 Å². The quantitative estimate of drug-likeness (QED) is 0.920. The molecule has 1 aliphatic rings. The van der Waals surface area contributed by atoms with Crippen LogP contribution in [0.4, 0.5) is 4.39 Å². The molecule has 6 nitrogen and oxygen atoms in total. The molecule has 0 bridgehead atoms. The number of hydrogen-bond donors (Lipinski definition) is 1. The Balaban J connectivity index is 1.91. The fraction of sp³-hybridized carbons (Fsp3) is 0.357. The van der Waals surface area contributed by atoms with Gasteiger partial charge in [0.05, 0.1) is 11.7 Å². The van der Waals surface area contributed by atoms with Gasteiger partial charge in [0.15, 0.2) is 0 Å². The molecule has 1 aromatic carbocycles. The number of carbonyl (C=O) groups is 1. The van der Waals surface area contributed by atoms with Crippen molar-refractivity contribution in [2.24, 2.45) is 5.73 Å². The van der Waals surface area contributed by atoms with Crippen molar-refractivity contribution < 1.29 is 9.18 Å². The molecule has 0 spiro atoms. The van der Waals surface area contributed by atoms with E-state index in [9.17, 15) is 9.18 Å². The van der Waals surface area contributed by atoms with Crippen LogP contribution < -0.4 is 5.73 Å². The summed E-state index contributed by atoms with van der Waals surface area (Å²) in [4.78, 5) is 17.1. The maximum absolute atomic E-state index is 13.6. The fourth-order valence-corrected chi connectivity index (χ4v) is 2.97. The fourth-order valence-electron chi connectivity index (χ4n) is 2.77. The van der Waals surface area contributed by atoms with Gasteiger partial charge in [-0.2, -0.15) is 5.10 Å². The molecule has 1 amide bonds. The Morgan fingerprint density at radius 3 is 3.00 bits per heavy atom. The highest BCUT2D eigenvalue weighted by Gasteiger charge is 2.36. The molecule has 2 N–H and O–H groups in total. The molecule has 1 fully saturated rings. The van der Waals surface area contributed by atoms with Crippen molar-refractivity contribution >= 4 is 17.5 Å². The Kier molecular flexibility index (Phi) is 4.08. The predicted octanol–water partition coefficient (Wildman–Crippen LogP) is 1.32. The molecular weight excluding hydrogens is 309 g/mol. The zero-order valence-corrected chi connectivity index (χ0v) is 12.4. The number of likely N-dealkylation sites (tertiary alicyclic amines) is 1. The Bertz CT molecular complexity index is 678. The number of primary amides is 1. The summed E-state index contributed by atoms with van der Waals surface area (Å²) in [6.07, 6.45) is 2.08. The third-order valence-electron chi connectivity index (χ3n) is 3.76. The monoisotopic (exact) mass is 323 g/mol. The van der Waals surface area contributed by atoms with E-state index in [1.807, 2.05) is 6.07 Å². The van der Waals surface area contributed by atoms with Gasteiger partial charge in [0.1, 0.15) is 18.8 Å². The molecule has 2 atom stereocenters. The van der Waals surface area contributed by atoms with E-state index in [1.165, 1.54) is 6.33 Å². The molecule has 0 saturated carbocycles. The summed E-state index contributed by atoms with van der Waals surface area (Å²) in [7, 11) is 0. The lowest BCUT2D eigenvalue weighted by molar-refractivity contribution is -0.122. The SMILES string of the molecule is NC(=O)C1C[C@@H](F)CN1Cc1cc(Cl)ccc1-n1cncn1. The van der Waals surface area contributed by atoms with E-state index in [-0.39, 0.29) is 13.0 Å². The first-order valence-electron chi connectivity index (χ1n) is 6.85. The van der Waals surface area contributed by atoms with Crippen LogP contribution in [0.25, 0.3) is 5.69 Å². The predicted molar refractivity (Wildman–Crippen MR) is 79.3 cm³/mol. The number of hydrogen-bond acceptors (Lipinski definition) is 4. The van der Waals surface area contributed by atoms with Crippen LogP contribution in [-0.4, -0.2) is 44.3 Å². The van der Waals surface area contributed by atoms with E-state index in [2.05, 4.69) is 10.1 Å². The van der Waals surface area contributed by atoms with Gasteiger partial charge in [0, 0.05) is 24.5 Å². The first-order chi connectivity index (χ1) is 10.5. The average molecular weight is 324 g/mol. The lowest BCUT2D eigenvalue weighted by Crippen LogP contribution is -2.39. The summed E-state index contributed by atoms with van der Waals surface area (Å²) in [6, 6.07) is 4.74. The van der Waals surface area contributed by atoms with Gasteiger partial charge in [0.2, 0.25) is 5.91 Å². The van der Waals surface area contributed by atoms with Gasteiger partial charge < -0.3 is 5.73 Å². The van der Waals surface area contributed by atoms with E-state index in [0.717, 1.165) is 11.3 Å². The molecule has 1 unspecified atom stereocenters. The lowest BCUT2D eigenvalue weighted by Gasteiger charge is -2.22. The minimum absolute atomic E-state index is 0.133. The number of alkyl halides is 1. The van der Waals surface area contributed by atoms with Gasteiger partial charge in [-0.3, -0.25) is 9.69 Å². The molecular formula is C14H15ClFN5O. The molecule has 0 radical (unpaired) electrons. The highest BCUT2D eigenvalue weighted by Crippen LogP contribution is 2.26. The second-order valence-corrected chi connectivity index (χ2v) is 5.73. The van der Waals surface area contributed by atoms with Gasteiger partial charge >= 0.3 is 0 Å². The molecule has 2 aromatic rings. The molecule has 3 rings (SSSR count). The Labute approximate surface area is 131 Å². The molecule has 1 aliphatic heterocycles. The smallest absolute Gasteiger partial charge is 0.234 e. The minimum Gasteiger partial charge on any atom is -0.368 e. The van der Waals surface area contributed by atoms with Crippen LogP contribution in [0.1, 0.15) is 12.0 Å². The Morgan fingerprint density at radius 1 is 1.50 bits per heavy atom. The number of amides is 1. The average Bonchev–Trinajstić information content (AvgIpc) is 3.09. The van der Waals surface area contributed by atoms with E-state index in [4.69, 9.17) is 17.3 Å². The lowest BCUT2D eigenvalue weighted by atomic mass is 10.1. The highest BCUT2D eigenvalue weighted by molar-refractivity contribution is 6.30. The largest absolute Gasteiger partial charge is 0.368 e. The van der Waals surface area contributed by atoms with Crippen molar-refractivity contribution in [3.05, 3.63) is 41.4 Å². The van der Waals surface area contributed by atoms with Crippen molar-refractivity contribution in [1.82, 2.24) is 19.7 Å². The number of rotatable bonds is 4. The summed E-state index contributed by atoms with van der Waals surface area (Å²) in [5, 5.41) is 4.66. The van der Waals surface area contributed by atoms with Gasteiger partial charge in [-0.05, 0) is 23.8 Å². The zero-order chi connectivity index (χ0) is 15.7. The maximum Gasteiger partial charge on any atom is 0.234 e. The van der Waals surface area contributed by atoms with Crippen molar-refractivity contribution in [1.29, 1.82) is 0 Å². The normalized spacial score (nSPS) is 22.1. The van der Waals surface area contributed by atoms with Crippen molar-refractivity contribution in [3.8, 4) is 5.69 Å². The number of nitrogens with zero attached hydrogens (tertiary/aromatic N) is 4. The molecule has 22 heavy (non-hydrogen) atoms. The van der Waals surface area contributed by atoms with Gasteiger partial charge in [-0.15, -0.1) is 0 Å². The van der Waals surface area contributed by atoms with E-state index in [0.29, 0.717) is 11.6 Å². The standard InChI is InChI=1S/C14H15ClFN5O/c15-10-1-2-12(21-8-18-7-19-21)9(3-10)5-20-6-11(16)4-13(20)14(17)22/h1-3,7-8,11,13H,4-6H2,(H2,17,22)/t11-,13?/m1/s1. The number of carbonyl (C=O) groups excluding carboxylic acids is 1. The van der Waals surface area contributed by atoms with Crippen molar-refractivity contribution in [2.75, 3.05) is 6.54 Å². The number of benzene rings is 1. The Morgan fingerprint density at radius 2 is 2.32 bits per heavy atom. The topological polar surface area (TPSA) is 77.0 Å². The molecule has 1 saturated heterocycles. The Hall–Kier alpha value is -1.99. The van der Waals surface area contributed by atoms with Crippen LogP contribution in [0.2, 0.25) is 5.02 Å². The number of nitrogens with two attached hydrogens (primary N) is 1. The zero-order valence-electron chi connectivity index (χ0n) is 11.7. The molecule has 116 valence electrons. The van der Waals surface area contributed by atoms with E-state index >= 15 is 0 Å². The second-order valence-electron chi connectivity index (χ2n) is 5.29. The van der Waals surface area contributed by atoms with Crippen LogP contribution in [0.15, 0.2) is 30.9 Å². The van der Waals surface area contributed by atoms with Crippen LogP contribution in [-0.2, 0) is 11.3 Å². The first-order valence-corrected chi connectivity index (χ1v) is 7.23. The number of halogens is 2. The van der Waals surface area contributed by atoms with Crippen LogP contribution >= 0.6 is 11.6 Å². The summed E-state index contributed by atoms with van der Waals surface area (Å²) >= 11 is 6.06. The molecule has 2 heterocycles. The van der Waals surface area contributed by atoms with Gasteiger partial charge in [-0.25, -0.2) is 14.1 Å². The highest BCUT2D eigenvalue weighted by atomic mass is 35.5. The van der Waals surface area contributed by atoms with Crippen molar-refractivity contribution in [3.63, 3.8) is 0 Å². The van der Waals surface area contributed by atoms with Crippen LogP contribution in [0, 0.1) is 0 Å². The summed E-state index contributed by atoms with van der Waals surface area (Å²) < 4.78 is 15.2.